The molecule has 0 fully saturated rings. The molecule has 0 atom stereocenters. The number of nitrogen functional groups attached to an aromatic ring is 2. The molecule has 0 aliphatic rings. The highest BCUT2D eigenvalue weighted by molar-refractivity contribution is 5.67. The molecule has 2 aromatic rings. The molecular weight excluding hydrogens is 176 g/mol. The van der Waals surface area contributed by atoms with Crippen LogP contribution >= 0.6 is 0 Å². The van der Waals surface area contributed by atoms with Gasteiger partial charge >= 0.3 is 0 Å². The van der Waals surface area contributed by atoms with E-state index in [2.05, 4.69) is 9.97 Å². The lowest BCUT2D eigenvalue weighted by atomic mass is 10.1. The Bertz CT molecular complexity index is 419. The summed E-state index contributed by atoms with van der Waals surface area (Å²) >= 11 is 0. The van der Waals surface area contributed by atoms with Crippen LogP contribution in [0.3, 0.4) is 0 Å². The van der Waals surface area contributed by atoms with Crippen molar-refractivity contribution in [2.75, 3.05) is 11.5 Å². The summed E-state index contributed by atoms with van der Waals surface area (Å²) in [6, 6.07) is 7.06. The Balaban J connectivity index is 2.52. The summed E-state index contributed by atoms with van der Waals surface area (Å²) < 4.78 is 0. The van der Waals surface area contributed by atoms with Crippen LogP contribution in [-0.2, 0) is 0 Å². The molecular formula is C10H10N4. The molecule has 0 saturated heterocycles. The van der Waals surface area contributed by atoms with Crippen molar-refractivity contribution in [3.63, 3.8) is 0 Å². The summed E-state index contributed by atoms with van der Waals surface area (Å²) in [5.41, 5.74) is 13.4. The van der Waals surface area contributed by atoms with Gasteiger partial charge in [0.2, 0.25) is 0 Å². The Morgan fingerprint density at radius 2 is 1.43 bits per heavy atom. The Hall–Kier alpha value is -2.10. The Morgan fingerprint density at radius 3 is 2.00 bits per heavy atom. The van der Waals surface area contributed by atoms with Crippen molar-refractivity contribution in [2.45, 2.75) is 0 Å². The Morgan fingerprint density at radius 1 is 0.857 bits per heavy atom. The Labute approximate surface area is 81.6 Å². The summed E-state index contributed by atoms with van der Waals surface area (Å²) in [7, 11) is 0. The van der Waals surface area contributed by atoms with Crippen LogP contribution in [0.4, 0.5) is 11.4 Å². The number of nitrogens with two attached hydrogens (primary N) is 2. The van der Waals surface area contributed by atoms with Gasteiger partial charge in [-0.1, -0.05) is 0 Å². The van der Waals surface area contributed by atoms with Gasteiger partial charge in [-0.25, -0.2) is 9.97 Å². The van der Waals surface area contributed by atoms with E-state index in [1.165, 1.54) is 0 Å². The fourth-order valence-corrected chi connectivity index (χ4v) is 1.25. The van der Waals surface area contributed by atoms with Gasteiger partial charge in [0.25, 0.3) is 0 Å². The molecule has 14 heavy (non-hydrogen) atoms. The number of aromatic nitrogens is 2. The van der Waals surface area contributed by atoms with Crippen molar-refractivity contribution in [1.29, 1.82) is 0 Å². The summed E-state index contributed by atoms with van der Waals surface area (Å²) in [6.45, 7) is 0. The second kappa shape index (κ2) is 3.33. The first-order chi connectivity index (χ1) is 6.75. The third-order valence-electron chi connectivity index (χ3n) is 1.80. The summed E-state index contributed by atoms with van der Waals surface area (Å²) in [6.07, 6.45) is 3.36. The lowest BCUT2D eigenvalue weighted by Crippen LogP contribution is -1.93. The summed E-state index contributed by atoms with van der Waals surface area (Å²) in [5, 5.41) is 0. The number of anilines is 2. The number of rotatable bonds is 1. The standard InChI is InChI=1S/C10H10N4/c11-8-4-7(5-9(12)6-8)10-13-2-1-3-14-10/h1-6H,11-12H2. The van der Waals surface area contributed by atoms with E-state index >= 15 is 0 Å². The van der Waals surface area contributed by atoms with Crippen molar-refractivity contribution in [1.82, 2.24) is 9.97 Å². The van der Waals surface area contributed by atoms with Gasteiger partial charge in [-0.15, -0.1) is 0 Å². The van der Waals surface area contributed by atoms with Crippen LogP contribution in [-0.4, -0.2) is 9.97 Å². The normalized spacial score (nSPS) is 10.0. The third-order valence-corrected chi connectivity index (χ3v) is 1.80. The molecule has 0 unspecified atom stereocenters. The van der Waals surface area contributed by atoms with Crippen LogP contribution in [0.15, 0.2) is 36.7 Å². The van der Waals surface area contributed by atoms with Gasteiger partial charge in [0.05, 0.1) is 0 Å². The van der Waals surface area contributed by atoms with Crippen LogP contribution in [0.2, 0.25) is 0 Å². The second-order valence-corrected chi connectivity index (χ2v) is 2.96. The average Bonchev–Trinajstić information content (AvgIpc) is 2.18. The number of hydrogen-bond donors (Lipinski definition) is 2. The zero-order chi connectivity index (χ0) is 9.97. The molecule has 0 amide bonds. The molecule has 0 bridgehead atoms. The maximum atomic E-state index is 5.66. The lowest BCUT2D eigenvalue weighted by molar-refractivity contribution is 1.18. The summed E-state index contributed by atoms with van der Waals surface area (Å²) in [5.74, 6) is 0.631. The Kier molecular flexibility index (Phi) is 2.02. The van der Waals surface area contributed by atoms with E-state index in [1.54, 1.807) is 36.7 Å². The molecule has 1 aromatic carbocycles. The van der Waals surface area contributed by atoms with E-state index < -0.39 is 0 Å². The average molecular weight is 186 g/mol. The van der Waals surface area contributed by atoms with Gasteiger partial charge < -0.3 is 11.5 Å². The molecule has 4 N–H and O–H groups in total. The minimum atomic E-state index is 0.618. The van der Waals surface area contributed by atoms with Crippen LogP contribution in [0.5, 0.6) is 0 Å². The van der Waals surface area contributed by atoms with Crippen molar-refractivity contribution in [3.8, 4) is 11.4 Å². The van der Waals surface area contributed by atoms with E-state index in [4.69, 9.17) is 11.5 Å². The zero-order valence-electron chi connectivity index (χ0n) is 7.51. The van der Waals surface area contributed by atoms with Crippen LogP contribution in [0, 0.1) is 0 Å². The molecule has 4 nitrogen and oxygen atoms in total. The van der Waals surface area contributed by atoms with E-state index in [1.807, 2.05) is 0 Å². The van der Waals surface area contributed by atoms with Crippen molar-refractivity contribution in [2.24, 2.45) is 0 Å². The first-order valence-corrected chi connectivity index (χ1v) is 4.19. The molecule has 4 heteroatoms. The number of nitrogens with zero attached hydrogens (tertiary/aromatic N) is 2. The number of hydrogen-bond acceptors (Lipinski definition) is 4. The molecule has 70 valence electrons. The van der Waals surface area contributed by atoms with Gasteiger partial charge in [-0.3, -0.25) is 0 Å². The fraction of sp³-hybridized carbons (Fsp3) is 0. The van der Waals surface area contributed by atoms with Crippen LogP contribution < -0.4 is 11.5 Å². The van der Waals surface area contributed by atoms with Crippen molar-refractivity contribution < 1.29 is 0 Å². The number of benzene rings is 1. The minimum Gasteiger partial charge on any atom is -0.399 e. The predicted octanol–water partition coefficient (Wildman–Crippen LogP) is 1.31. The maximum Gasteiger partial charge on any atom is 0.159 e. The predicted molar refractivity (Wildman–Crippen MR) is 56.3 cm³/mol. The molecule has 0 spiro atoms. The molecule has 1 aromatic heterocycles. The van der Waals surface area contributed by atoms with E-state index in [0.29, 0.717) is 17.2 Å². The van der Waals surface area contributed by atoms with Crippen molar-refractivity contribution in [3.05, 3.63) is 36.7 Å². The largest absolute Gasteiger partial charge is 0.399 e. The molecule has 0 saturated carbocycles. The first-order valence-electron chi connectivity index (χ1n) is 4.19. The summed E-state index contributed by atoms with van der Waals surface area (Å²) in [4.78, 5) is 8.22. The second-order valence-electron chi connectivity index (χ2n) is 2.96. The highest BCUT2D eigenvalue weighted by Gasteiger charge is 2.01. The van der Waals surface area contributed by atoms with E-state index in [0.717, 1.165) is 5.56 Å². The highest BCUT2D eigenvalue weighted by Crippen LogP contribution is 2.20. The lowest BCUT2D eigenvalue weighted by Gasteiger charge is -2.02. The van der Waals surface area contributed by atoms with E-state index in [-0.39, 0.29) is 0 Å². The molecule has 0 radical (unpaired) electrons. The van der Waals surface area contributed by atoms with Crippen LogP contribution in [0.25, 0.3) is 11.4 Å². The molecule has 0 aliphatic heterocycles. The zero-order valence-corrected chi connectivity index (χ0v) is 7.51. The van der Waals surface area contributed by atoms with E-state index in [9.17, 15) is 0 Å². The smallest absolute Gasteiger partial charge is 0.159 e. The molecule has 0 aliphatic carbocycles. The topological polar surface area (TPSA) is 77.8 Å². The van der Waals surface area contributed by atoms with Gasteiger partial charge in [0.1, 0.15) is 0 Å². The highest BCUT2D eigenvalue weighted by atomic mass is 14.9. The van der Waals surface area contributed by atoms with Gasteiger partial charge in [-0.05, 0) is 24.3 Å². The molecule has 2 rings (SSSR count). The van der Waals surface area contributed by atoms with Crippen LogP contribution in [0.1, 0.15) is 0 Å². The third kappa shape index (κ3) is 1.64. The monoisotopic (exact) mass is 186 g/mol. The SMILES string of the molecule is Nc1cc(N)cc(-c2ncccn2)c1. The van der Waals surface area contributed by atoms with Gasteiger partial charge in [0.15, 0.2) is 5.82 Å². The minimum absolute atomic E-state index is 0.618. The van der Waals surface area contributed by atoms with Crippen molar-refractivity contribution >= 4 is 11.4 Å². The maximum absolute atomic E-state index is 5.66. The fourth-order valence-electron chi connectivity index (χ4n) is 1.25. The van der Waals surface area contributed by atoms with Gasteiger partial charge in [0, 0.05) is 29.3 Å². The first kappa shape index (κ1) is 8.50. The quantitative estimate of drug-likeness (QED) is 0.658. The van der Waals surface area contributed by atoms with Gasteiger partial charge in [-0.2, -0.15) is 0 Å². The molecule has 1 heterocycles.